The van der Waals surface area contributed by atoms with Gasteiger partial charge in [-0.25, -0.2) is 0 Å². The molecule has 6 heteroatoms. The van der Waals surface area contributed by atoms with E-state index in [1.807, 2.05) is 12.3 Å². The number of carbonyl (C=O) groups is 2. The van der Waals surface area contributed by atoms with Gasteiger partial charge in [-0.1, -0.05) is 6.92 Å². The second kappa shape index (κ2) is 8.66. The summed E-state index contributed by atoms with van der Waals surface area (Å²) < 4.78 is 0. The topological polar surface area (TPSA) is 78.4 Å². The molecule has 1 aromatic heterocycles. The van der Waals surface area contributed by atoms with E-state index in [1.165, 1.54) is 11.3 Å². The zero-order valence-electron chi connectivity index (χ0n) is 11.0. The molecule has 1 atom stereocenters. The first-order chi connectivity index (χ1) is 9.13. The van der Waals surface area contributed by atoms with Gasteiger partial charge in [-0.3, -0.25) is 9.59 Å². The van der Waals surface area contributed by atoms with Crippen LogP contribution in [-0.4, -0.2) is 36.6 Å². The summed E-state index contributed by atoms with van der Waals surface area (Å²) >= 11 is 1.48. The largest absolute Gasteiger partial charge is 0.396 e. The Labute approximate surface area is 117 Å². The molecular formula is C13H20N2O3S. The van der Waals surface area contributed by atoms with E-state index in [2.05, 4.69) is 10.6 Å². The Kier molecular flexibility index (Phi) is 7.14. The van der Waals surface area contributed by atoms with Crippen molar-refractivity contribution < 1.29 is 14.7 Å². The van der Waals surface area contributed by atoms with Crippen LogP contribution in [0.3, 0.4) is 0 Å². The number of aliphatic hydroxyl groups is 1. The second-order valence-corrected chi connectivity index (χ2v) is 5.24. The van der Waals surface area contributed by atoms with Gasteiger partial charge < -0.3 is 15.7 Å². The van der Waals surface area contributed by atoms with E-state index in [9.17, 15) is 9.59 Å². The Morgan fingerprint density at radius 2 is 2.21 bits per heavy atom. The summed E-state index contributed by atoms with van der Waals surface area (Å²) in [6.07, 6.45) is 0.983. The first kappa shape index (κ1) is 15.7. The summed E-state index contributed by atoms with van der Waals surface area (Å²) in [5.41, 5.74) is 0.659. The first-order valence-corrected chi connectivity index (χ1v) is 7.25. The Bertz CT molecular complexity index is 393. The molecule has 5 nitrogen and oxygen atoms in total. The number of aliphatic hydroxyl groups excluding tert-OH is 1. The Hall–Kier alpha value is -1.40. The maximum atomic E-state index is 11.6. The normalized spacial score (nSPS) is 11.9. The van der Waals surface area contributed by atoms with Crippen molar-refractivity contribution in [3.63, 3.8) is 0 Å². The highest BCUT2D eigenvalue weighted by Crippen LogP contribution is 2.05. The predicted octanol–water partition coefficient (Wildman–Crippen LogP) is 1.00. The molecule has 0 aliphatic carbocycles. The number of thiophene rings is 1. The van der Waals surface area contributed by atoms with Crippen molar-refractivity contribution in [3.8, 4) is 0 Å². The Morgan fingerprint density at radius 1 is 1.42 bits per heavy atom. The SMILES string of the molecule is CC(CO)CNC(=O)CCCNC(=O)c1ccsc1. The fourth-order valence-electron chi connectivity index (χ4n) is 1.39. The van der Waals surface area contributed by atoms with E-state index in [0.29, 0.717) is 31.5 Å². The summed E-state index contributed by atoms with van der Waals surface area (Å²) in [6, 6.07) is 1.77. The van der Waals surface area contributed by atoms with Crippen LogP contribution in [0.2, 0.25) is 0 Å². The summed E-state index contributed by atoms with van der Waals surface area (Å²) in [4.78, 5) is 23.0. The van der Waals surface area contributed by atoms with E-state index in [1.54, 1.807) is 11.4 Å². The standard InChI is InChI=1S/C13H20N2O3S/c1-10(8-16)7-15-12(17)3-2-5-14-13(18)11-4-6-19-9-11/h4,6,9-10,16H,2-3,5,7-8H2,1H3,(H,14,18)(H,15,17). The fraction of sp³-hybridized carbons (Fsp3) is 0.538. The van der Waals surface area contributed by atoms with Crippen molar-refractivity contribution >= 4 is 23.2 Å². The molecule has 0 aromatic carbocycles. The number of hydrogen-bond acceptors (Lipinski definition) is 4. The van der Waals surface area contributed by atoms with Crippen LogP contribution in [0.25, 0.3) is 0 Å². The third kappa shape index (κ3) is 6.35. The maximum Gasteiger partial charge on any atom is 0.252 e. The van der Waals surface area contributed by atoms with Gasteiger partial charge in [-0.05, 0) is 23.8 Å². The van der Waals surface area contributed by atoms with E-state index in [-0.39, 0.29) is 24.3 Å². The lowest BCUT2D eigenvalue weighted by Crippen LogP contribution is -2.30. The van der Waals surface area contributed by atoms with Gasteiger partial charge in [0.25, 0.3) is 5.91 Å². The lowest BCUT2D eigenvalue weighted by molar-refractivity contribution is -0.121. The van der Waals surface area contributed by atoms with Gasteiger partial charge >= 0.3 is 0 Å². The minimum absolute atomic E-state index is 0.0508. The van der Waals surface area contributed by atoms with Gasteiger partial charge in [0, 0.05) is 37.1 Å². The van der Waals surface area contributed by atoms with Gasteiger partial charge in [-0.2, -0.15) is 11.3 Å². The van der Waals surface area contributed by atoms with Crippen molar-refractivity contribution in [1.29, 1.82) is 0 Å². The van der Waals surface area contributed by atoms with Crippen LogP contribution in [-0.2, 0) is 4.79 Å². The minimum atomic E-state index is -0.101. The lowest BCUT2D eigenvalue weighted by Gasteiger charge is -2.09. The summed E-state index contributed by atoms with van der Waals surface area (Å²) in [5.74, 6) is -0.0807. The highest BCUT2D eigenvalue weighted by atomic mass is 32.1. The van der Waals surface area contributed by atoms with Crippen LogP contribution in [0, 0.1) is 5.92 Å². The van der Waals surface area contributed by atoms with Crippen LogP contribution in [0.5, 0.6) is 0 Å². The molecule has 0 aliphatic heterocycles. The van der Waals surface area contributed by atoms with Crippen molar-refractivity contribution in [3.05, 3.63) is 22.4 Å². The molecule has 0 radical (unpaired) electrons. The molecule has 106 valence electrons. The maximum absolute atomic E-state index is 11.6. The average molecular weight is 284 g/mol. The zero-order chi connectivity index (χ0) is 14.1. The van der Waals surface area contributed by atoms with E-state index in [4.69, 9.17) is 5.11 Å². The summed E-state index contributed by atoms with van der Waals surface area (Å²) in [6.45, 7) is 2.90. The zero-order valence-corrected chi connectivity index (χ0v) is 11.8. The number of hydrogen-bond donors (Lipinski definition) is 3. The van der Waals surface area contributed by atoms with E-state index in [0.717, 1.165) is 0 Å². The molecule has 1 heterocycles. The van der Waals surface area contributed by atoms with Crippen LogP contribution in [0.1, 0.15) is 30.1 Å². The smallest absolute Gasteiger partial charge is 0.252 e. The van der Waals surface area contributed by atoms with Gasteiger partial charge in [-0.15, -0.1) is 0 Å². The molecule has 0 saturated carbocycles. The van der Waals surface area contributed by atoms with E-state index < -0.39 is 0 Å². The molecule has 2 amide bonds. The lowest BCUT2D eigenvalue weighted by atomic mass is 10.2. The molecule has 19 heavy (non-hydrogen) atoms. The van der Waals surface area contributed by atoms with Crippen LogP contribution in [0.15, 0.2) is 16.8 Å². The molecule has 1 rings (SSSR count). The summed E-state index contributed by atoms with van der Waals surface area (Å²) in [7, 11) is 0. The molecule has 0 fully saturated rings. The monoisotopic (exact) mass is 284 g/mol. The molecule has 1 aromatic rings. The van der Waals surface area contributed by atoms with Crippen LogP contribution >= 0.6 is 11.3 Å². The Morgan fingerprint density at radius 3 is 2.84 bits per heavy atom. The van der Waals surface area contributed by atoms with E-state index >= 15 is 0 Å². The average Bonchev–Trinajstić information content (AvgIpc) is 2.94. The number of carbonyl (C=O) groups excluding carboxylic acids is 2. The molecule has 1 unspecified atom stereocenters. The molecule has 3 N–H and O–H groups in total. The van der Waals surface area contributed by atoms with Gasteiger partial charge in [0.1, 0.15) is 0 Å². The highest BCUT2D eigenvalue weighted by molar-refractivity contribution is 7.08. The van der Waals surface area contributed by atoms with Gasteiger partial charge in [0.2, 0.25) is 5.91 Å². The highest BCUT2D eigenvalue weighted by Gasteiger charge is 2.06. The fourth-order valence-corrected chi connectivity index (χ4v) is 2.02. The van der Waals surface area contributed by atoms with Crippen molar-refractivity contribution in [2.45, 2.75) is 19.8 Å². The third-order valence-corrected chi connectivity index (χ3v) is 3.29. The molecule has 0 bridgehead atoms. The van der Waals surface area contributed by atoms with Crippen molar-refractivity contribution in [1.82, 2.24) is 10.6 Å². The number of rotatable bonds is 8. The predicted molar refractivity (Wildman–Crippen MR) is 75.1 cm³/mol. The Balaban J connectivity index is 2.07. The molecule has 0 aliphatic rings. The molecule has 0 spiro atoms. The van der Waals surface area contributed by atoms with Crippen molar-refractivity contribution in [2.24, 2.45) is 5.92 Å². The number of nitrogens with one attached hydrogen (secondary N) is 2. The third-order valence-electron chi connectivity index (χ3n) is 2.61. The first-order valence-electron chi connectivity index (χ1n) is 6.31. The summed E-state index contributed by atoms with van der Waals surface area (Å²) in [5, 5.41) is 18.0. The van der Waals surface area contributed by atoms with Crippen LogP contribution < -0.4 is 10.6 Å². The second-order valence-electron chi connectivity index (χ2n) is 4.46. The minimum Gasteiger partial charge on any atom is -0.396 e. The van der Waals surface area contributed by atoms with Gasteiger partial charge in [0.05, 0.1) is 0 Å². The number of amides is 2. The van der Waals surface area contributed by atoms with Crippen molar-refractivity contribution in [2.75, 3.05) is 19.7 Å². The van der Waals surface area contributed by atoms with Gasteiger partial charge in [0.15, 0.2) is 0 Å². The quantitative estimate of drug-likeness (QED) is 0.623. The van der Waals surface area contributed by atoms with Crippen LogP contribution in [0.4, 0.5) is 0 Å². The molecule has 0 saturated heterocycles. The molecular weight excluding hydrogens is 264 g/mol.